The normalized spacial score (nSPS) is 22.4. The number of amides is 1. The first kappa shape index (κ1) is 12.9. The van der Waals surface area contributed by atoms with Crippen molar-refractivity contribution in [1.29, 1.82) is 0 Å². The first-order chi connectivity index (χ1) is 7.61. The first-order valence-electron chi connectivity index (χ1n) is 5.50. The van der Waals surface area contributed by atoms with Crippen LogP contribution in [-0.4, -0.2) is 47.8 Å². The van der Waals surface area contributed by atoms with E-state index in [0.717, 1.165) is 19.4 Å². The van der Waals surface area contributed by atoms with Gasteiger partial charge in [-0.3, -0.25) is 4.79 Å². The molecule has 1 aliphatic rings. The fraction of sp³-hybridized carbons (Fsp3) is 0.800. The fourth-order valence-corrected chi connectivity index (χ4v) is 1.68. The quantitative estimate of drug-likeness (QED) is 0.482. The number of aliphatic hydroxyl groups is 1. The number of carboxylic acids is 1. The van der Waals surface area contributed by atoms with Crippen LogP contribution in [0.3, 0.4) is 0 Å². The van der Waals surface area contributed by atoms with E-state index in [0.29, 0.717) is 6.54 Å². The predicted octanol–water partition coefficient (Wildman–Crippen LogP) is -1.06. The summed E-state index contributed by atoms with van der Waals surface area (Å²) in [6, 6.07) is 0. The van der Waals surface area contributed by atoms with E-state index in [-0.39, 0.29) is 24.8 Å². The van der Waals surface area contributed by atoms with E-state index in [1.54, 1.807) is 0 Å². The second-order valence-electron chi connectivity index (χ2n) is 3.98. The van der Waals surface area contributed by atoms with E-state index in [4.69, 9.17) is 10.2 Å². The summed E-state index contributed by atoms with van der Waals surface area (Å²) in [5, 5.41) is 23.2. The Morgan fingerprint density at radius 3 is 2.81 bits per heavy atom. The molecular formula is C10H18N2O4. The topological polar surface area (TPSA) is 98.7 Å². The number of carbonyl (C=O) groups excluding carboxylic acids is 1. The molecule has 1 rings (SSSR count). The third kappa shape index (κ3) is 4.16. The smallest absolute Gasteiger partial charge is 0.332 e. The van der Waals surface area contributed by atoms with Crippen LogP contribution in [0.25, 0.3) is 0 Å². The van der Waals surface area contributed by atoms with Crippen LogP contribution in [-0.2, 0) is 9.59 Å². The van der Waals surface area contributed by atoms with Crippen LogP contribution in [0.1, 0.15) is 19.3 Å². The van der Waals surface area contributed by atoms with Crippen molar-refractivity contribution in [2.45, 2.75) is 25.4 Å². The number of aliphatic hydroxyl groups excluding tert-OH is 1. The van der Waals surface area contributed by atoms with E-state index >= 15 is 0 Å². The fourth-order valence-electron chi connectivity index (χ4n) is 1.68. The summed E-state index contributed by atoms with van der Waals surface area (Å²) in [5.41, 5.74) is 0. The van der Waals surface area contributed by atoms with Crippen molar-refractivity contribution in [3.8, 4) is 0 Å². The van der Waals surface area contributed by atoms with E-state index in [1.807, 2.05) is 0 Å². The average molecular weight is 230 g/mol. The van der Waals surface area contributed by atoms with Gasteiger partial charge < -0.3 is 20.8 Å². The molecule has 0 bridgehead atoms. The summed E-state index contributed by atoms with van der Waals surface area (Å²) in [4.78, 5) is 21.9. The lowest BCUT2D eigenvalue weighted by atomic mass is 9.99. The van der Waals surface area contributed by atoms with Crippen molar-refractivity contribution >= 4 is 11.9 Å². The molecule has 4 N–H and O–H groups in total. The van der Waals surface area contributed by atoms with Gasteiger partial charge in [-0.05, 0) is 19.4 Å². The molecule has 1 aliphatic heterocycles. The first-order valence-corrected chi connectivity index (χ1v) is 5.50. The van der Waals surface area contributed by atoms with Gasteiger partial charge in [-0.25, -0.2) is 4.79 Å². The molecule has 0 unspecified atom stereocenters. The standard InChI is InChI=1S/C10H18N2O4/c13-8(10(15)16)3-5-12-9(14)7-2-1-4-11-6-7/h7-8,11,13H,1-6H2,(H,12,14)(H,15,16)/t7-,8-/m0/s1. The van der Waals surface area contributed by atoms with Gasteiger partial charge in [0.1, 0.15) is 0 Å². The molecule has 2 atom stereocenters. The maximum Gasteiger partial charge on any atom is 0.332 e. The summed E-state index contributed by atoms with van der Waals surface area (Å²) in [6.07, 6.45) is 0.488. The molecule has 1 saturated heterocycles. The molecule has 6 nitrogen and oxygen atoms in total. The van der Waals surface area contributed by atoms with Gasteiger partial charge in [0, 0.05) is 19.5 Å². The Morgan fingerprint density at radius 1 is 1.50 bits per heavy atom. The minimum absolute atomic E-state index is 0.0317. The SMILES string of the molecule is O=C(NCC[C@H](O)C(=O)O)[C@H]1CCCNC1. The van der Waals surface area contributed by atoms with E-state index in [9.17, 15) is 9.59 Å². The van der Waals surface area contributed by atoms with Gasteiger partial charge in [0.25, 0.3) is 0 Å². The molecule has 1 heterocycles. The van der Waals surface area contributed by atoms with Crippen molar-refractivity contribution in [2.24, 2.45) is 5.92 Å². The molecule has 0 saturated carbocycles. The maximum absolute atomic E-state index is 11.6. The molecule has 1 amide bonds. The Bertz CT molecular complexity index is 251. The van der Waals surface area contributed by atoms with Gasteiger partial charge >= 0.3 is 5.97 Å². The summed E-state index contributed by atoms with van der Waals surface area (Å²) in [7, 11) is 0. The average Bonchev–Trinajstić information content (AvgIpc) is 2.29. The van der Waals surface area contributed by atoms with Crippen molar-refractivity contribution in [1.82, 2.24) is 10.6 Å². The molecule has 0 aliphatic carbocycles. The van der Waals surface area contributed by atoms with Crippen LogP contribution in [0.15, 0.2) is 0 Å². The molecule has 0 spiro atoms. The third-order valence-corrected chi connectivity index (χ3v) is 2.67. The van der Waals surface area contributed by atoms with Crippen molar-refractivity contribution < 1.29 is 19.8 Å². The van der Waals surface area contributed by atoms with Gasteiger partial charge in [0.15, 0.2) is 6.10 Å². The number of hydrogen-bond donors (Lipinski definition) is 4. The zero-order valence-electron chi connectivity index (χ0n) is 9.11. The van der Waals surface area contributed by atoms with Gasteiger partial charge in [0.05, 0.1) is 5.92 Å². The Labute approximate surface area is 94.0 Å². The minimum Gasteiger partial charge on any atom is -0.479 e. The summed E-state index contributed by atoms with van der Waals surface area (Å²) in [6.45, 7) is 1.82. The Balaban J connectivity index is 2.16. The number of rotatable bonds is 5. The van der Waals surface area contributed by atoms with Crippen molar-refractivity contribution in [3.63, 3.8) is 0 Å². The molecule has 6 heteroatoms. The Hall–Kier alpha value is -1.14. The number of nitrogens with one attached hydrogen (secondary N) is 2. The van der Waals surface area contributed by atoms with Gasteiger partial charge in [-0.15, -0.1) is 0 Å². The number of carbonyl (C=O) groups is 2. The highest BCUT2D eigenvalue weighted by atomic mass is 16.4. The number of aliphatic carboxylic acids is 1. The molecular weight excluding hydrogens is 212 g/mol. The number of carboxylic acid groups (broad SMARTS) is 1. The van der Waals surface area contributed by atoms with E-state index in [1.165, 1.54) is 0 Å². The van der Waals surface area contributed by atoms with E-state index in [2.05, 4.69) is 10.6 Å². The molecule has 92 valence electrons. The zero-order chi connectivity index (χ0) is 12.0. The predicted molar refractivity (Wildman–Crippen MR) is 56.9 cm³/mol. The maximum atomic E-state index is 11.6. The highest BCUT2D eigenvalue weighted by Crippen LogP contribution is 2.09. The van der Waals surface area contributed by atoms with Crippen molar-refractivity contribution in [3.05, 3.63) is 0 Å². The minimum atomic E-state index is -1.40. The number of hydrogen-bond acceptors (Lipinski definition) is 4. The lowest BCUT2D eigenvalue weighted by Crippen LogP contribution is -2.41. The zero-order valence-corrected chi connectivity index (χ0v) is 9.11. The van der Waals surface area contributed by atoms with Crippen LogP contribution < -0.4 is 10.6 Å². The van der Waals surface area contributed by atoms with Crippen LogP contribution in [0, 0.1) is 5.92 Å². The van der Waals surface area contributed by atoms with Crippen LogP contribution in [0.4, 0.5) is 0 Å². The van der Waals surface area contributed by atoms with Crippen LogP contribution >= 0.6 is 0 Å². The lowest BCUT2D eigenvalue weighted by molar-refractivity contribution is -0.147. The molecule has 0 aromatic heterocycles. The highest BCUT2D eigenvalue weighted by molar-refractivity contribution is 5.79. The monoisotopic (exact) mass is 230 g/mol. The Morgan fingerprint density at radius 2 is 2.25 bits per heavy atom. The summed E-state index contributed by atoms with van der Waals surface area (Å²) < 4.78 is 0. The van der Waals surface area contributed by atoms with Crippen molar-refractivity contribution in [2.75, 3.05) is 19.6 Å². The van der Waals surface area contributed by atoms with Crippen LogP contribution in [0.2, 0.25) is 0 Å². The molecule has 0 radical (unpaired) electrons. The largest absolute Gasteiger partial charge is 0.479 e. The number of piperidine rings is 1. The van der Waals surface area contributed by atoms with Gasteiger partial charge in [-0.2, -0.15) is 0 Å². The van der Waals surface area contributed by atoms with Crippen LogP contribution in [0.5, 0.6) is 0 Å². The second kappa shape index (κ2) is 6.44. The molecule has 16 heavy (non-hydrogen) atoms. The lowest BCUT2D eigenvalue weighted by Gasteiger charge is -2.21. The van der Waals surface area contributed by atoms with Gasteiger partial charge in [0.2, 0.25) is 5.91 Å². The third-order valence-electron chi connectivity index (χ3n) is 2.67. The molecule has 1 fully saturated rings. The molecule has 0 aromatic rings. The molecule has 0 aromatic carbocycles. The summed E-state index contributed by atoms with van der Waals surface area (Å²) in [5.74, 6) is -1.35. The highest BCUT2D eigenvalue weighted by Gasteiger charge is 2.21. The Kier molecular flexibility index (Phi) is 5.21. The summed E-state index contributed by atoms with van der Waals surface area (Å²) >= 11 is 0. The second-order valence-corrected chi connectivity index (χ2v) is 3.98. The van der Waals surface area contributed by atoms with Gasteiger partial charge in [-0.1, -0.05) is 0 Å². The van der Waals surface area contributed by atoms with E-state index < -0.39 is 12.1 Å².